The number of benzene rings is 1. The summed E-state index contributed by atoms with van der Waals surface area (Å²) in [4.78, 5) is 14.8. The Balaban J connectivity index is 2.48. The number of carbonyl (C=O) groups is 1. The van der Waals surface area contributed by atoms with E-state index in [9.17, 15) is 9.18 Å². The molecule has 0 radical (unpaired) electrons. The fourth-order valence-electron chi connectivity index (χ4n) is 1.32. The van der Waals surface area contributed by atoms with E-state index in [0.717, 1.165) is 5.56 Å². The summed E-state index contributed by atoms with van der Waals surface area (Å²) < 4.78 is 12.7. The molecule has 0 saturated carbocycles. The van der Waals surface area contributed by atoms with Gasteiger partial charge in [-0.15, -0.1) is 0 Å². The molecule has 0 saturated heterocycles. The van der Waals surface area contributed by atoms with Gasteiger partial charge in [-0.25, -0.2) is 4.39 Å². The molecular formula is C12H7ClFNO. The average molecular weight is 236 g/mol. The van der Waals surface area contributed by atoms with Crippen molar-refractivity contribution >= 4 is 17.9 Å². The predicted molar refractivity (Wildman–Crippen MR) is 60.0 cm³/mol. The van der Waals surface area contributed by atoms with Crippen molar-refractivity contribution in [1.29, 1.82) is 0 Å². The van der Waals surface area contributed by atoms with E-state index in [1.807, 2.05) is 0 Å². The van der Waals surface area contributed by atoms with Gasteiger partial charge in [0.1, 0.15) is 5.82 Å². The van der Waals surface area contributed by atoms with E-state index in [1.165, 1.54) is 18.3 Å². The van der Waals surface area contributed by atoms with Crippen LogP contribution in [0.3, 0.4) is 0 Å². The van der Waals surface area contributed by atoms with E-state index in [4.69, 9.17) is 11.6 Å². The molecule has 0 aliphatic heterocycles. The lowest BCUT2D eigenvalue weighted by Crippen LogP contribution is -1.89. The third kappa shape index (κ3) is 2.09. The average Bonchev–Trinajstić information content (AvgIpc) is 2.31. The Kier molecular flexibility index (Phi) is 2.97. The maximum absolute atomic E-state index is 12.7. The lowest BCUT2D eigenvalue weighted by atomic mass is 10.1. The molecule has 1 heterocycles. The van der Waals surface area contributed by atoms with Gasteiger partial charge in [-0.05, 0) is 30.3 Å². The van der Waals surface area contributed by atoms with E-state index < -0.39 is 0 Å². The Labute approximate surface area is 96.7 Å². The smallest absolute Gasteiger partial charge is 0.151 e. The van der Waals surface area contributed by atoms with Crippen molar-refractivity contribution in [2.75, 3.05) is 0 Å². The van der Waals surface area contributed by atoms with Crippen LogP contribution in [0.15, 0.2) is 36.5 Å². The third-order valence-electron chi connectivity index (χ3n) is 2.15. The van der Waals surface area contributed by atoms with Crippen LogP contribution in [0.5, 0.6) is 0 Å². The Hall–Kier alpha value is -1.74. The Morgan fingerprint density at radius 1 is 1.25 bits per heavy atom. The number of halogens is 2. The van der Waals surface area contributed by atoms with E-state index in [1.54, 1.807) is 18.2 Å². The SMILES string of the molecule is O=Cc1cc(-c2ccc(F)cc2)ncc1Cl. The van der Waals surface area contributed by atoms with Crippen LogP contribution in [0, 0.1) is 5.82 Å². The molecule has 2 rings (SSSR count). The van der Waals surface area contributed by atoms with Gasteiger partial charge in [-0.3, -0.25) is 9.78 Å². The first-order chi connectivity index (χ1) is 7.70. The van der Waals surface area contributed by atoms with Crippen LogP contribution in [0.1, 0.15) is 10.4 Å². The Morgan fingerprint density at radius 3 is 2.56 bits per heavy atom. The zero-order chi connectivity index (χ0) is 11.5. The molecule has 1 aromatic carbocycles. The molecule has 0 N–H and O–H groups in total. The molecule has 16 heavy (non-hydrogen) atoms. The summed E-state index contributed by atoms with van der Waals surface area (Å²) in [5.41, 5.74) is 1.70. The maximum Gasteiger partial charge on any atom is 0.151 e. The van der Waals surface area contributed by atoms with Gasteiger partial charge in [0.2, 0.25) is 0 Å². The predicted octanol–water partition coefficient (Wildman–Crippen LogP) is 3.35. The van der Waals surface area contributed by atoms with Gasteiger partial charge >= 0.3 is 0 Å². The first-order valence-electron chi connectivity index (χ1n) is 4.57. The van der Waals surface area contributed by atoms with Gasteiger partial charge in [-0.1, -0.05) is 11.6 Å². The van der Waals surface area contributed by atoms with Crippen LogP contribution in [0.25, 0.3) is 11.3 Å². The summed E-state index contributed by atoms with van der Waals surface area (Å²) >= 11 is 5.76. The lowest BCUT2D eigenvalue weighted by molar-refractivity contribution is 0.112. The quantitative estimate of drug-likeness (QED) is 0.747. The maximum atomic E-state index is 12.7. The number of rotatable bonds is 2. The fraction of sp³-hybridized carbons (Fsp3) is 0. The van der Waals surface area contributed by atoms with Gasteiger partial charge in [0.25, 0.3) is 0 Å². The van der Waals surface area contributed by atoms with E-state index >= 15 is 0 Å². The van der Waals surface area contributed by atoms with E-state index in [-0.39, 0.29) is 5.82 Å². The molecule has 0 aliphatic rings. The van der Waals surface area contributed by atoms with Crippen LogP contribution >= 0.6 is 11.6 Å². The van der Waals surface area contributed by atoms with Crippen LogP contribution in [0.4, 0.5) is 4.39 Å². The second-order valence-electron chi connectivity index (χ2n) is 3.22. The van der Waals surface area contributed by atoms with Gasteiger partial charge in [-0.2, -0.15) is 0 Å². The molecule has 0 amide bonds. The second kappa shape index (κ2) is 4.41. The standard InChI is InChI=1S/C12H7ClFNO/c13-11-6-15-12(5-9(11)7-16)8-1-3-10(14)4-2-8/h1-7H. The van der Waals surface area contributed by atoms with Crippen LogP contribution in [0.2, 0.25) is 5.02 Å². The molecule has 0 bridgehead atoms. The van der Waals surface area contributed by atoms with Crippen molar-refractivity contribution in [3.05, 3.63) is 52.9 Å². The number of hydrogen-bond acceptors (Lipinski definition) is 2. The minimum absolute atomic E-state index is 0.306. The zero-order valence-corrected chi connectivity index (χ0v) is 8.91. The second-order valence-corrected chi connectivity index (χ2v) is 3.62. The molecule has 4 heteroatoms. The van der Waals surface area contributed by atoms with E-state index in [2.05, 4.69) is 4.98 Å². The van der Waals surface area contributed by atoms with Crippen molar-refractivity contribution in [3.63, 3.8) is 0 Å². The van der Waals surface area contributed by atoms with Gasteiger partial charge < -0.3 is 0 Å². The normalized spacial score (nSPS) is 10.1. The van der Waals surface area contributed by atoms with Crippen molar-refractivity contribution < 1.29 is 9.18 Å². The van der Waals surface area contributed by atoms with Gasteiger partial charge in [0.15, 0.2) is 6.29 Å². The summed E-state index contributed by atoms with van der Waals surface area (Å²) in [5.74, 6) is -0.312. The Morgan fingerprint density at radius 2 is 1.94 bits per heavy atom. The van der Waals surface area contributed by atoms with E-state index in [0.29, 0.717) is 22.6 Å². The molecule has 0 fully saturated rings. The number of carbonyl (C=O) groups excluding carboxylic acids is 1. The molecule has 80 valence electrons. The molecule has 2 nitrogen and oxygen atoms in total. The molecule has 0 spiro atoms. The van der Waals surface area contributed by atoms with Crippen molar-refractivity contribution in [3.8, 4) is 11.3 Å². The zero-order valence-electron chi connectivity index (χ0n) is 8.15. The number of aldehydes is 1. The number of nitrogens with zero attached hydrogens (tertiary/aromatic N) is 1. The number of pyridine rings is 1. The van der Waals surface area contributed by atoms with Crippen molar-refractivity contribution in [1.82, 2.24) is 4.98 Å². The summed E-state index contributed by atoms with van der Waals surface area (Å²) in [6, 6.07) is 7.45. The fourth-order valence-corrected chi connectivity index (χ4v) is 1.47. The van der Waals surface area contributed by atoms with Gasteiger partial charge in [0, 0.05) is 17.3 Å². The topological polar surface area (TPSA) is 30.0 Å². The summed E-state index contributed by atoms with van der Waals surface area (Å²) in [6.07, 6.45) is 2.07. The highest BCUT2D eigenvalue weighted by Crippen LogP contribution is 2.21. The Bertz CT molecular complexity index is 525. The minimum Gasteiger partial charge on any atom is -0.298 e. The number of hydrogen-bond donors (Lipinski definition) is 0. The van der Waals surface area contributed by atoms with Gasteiger partial charge in [0.05, 0.1) is 10.7 Å². The molecule has 2 aromatic rings. The molecular weight excluding hydrogens is 229 g/mol. The molecule has 0 aliphatic carbocycles. The lowest BCUT2D eigenvalue weighted by Gasteiger charge is -2.02. The largest absolute Gasteiger partial charge is 0.298 e. The third-order valence-corrected chi connectivity index (χ3v) is 2.47. The summed E-state index contributed by atoms with van der Waals surface area (Å²) in [7, 11) is 0. The first-order valence-corrected chi connectivity index (χ1v) is 4.95. The molecule has 1 aromatic heterocycles. The summed E-state index contributed by atoms with van der Waals surface area (Å²) in [6.45, 7) is 0. The first kappa shape index (κ1) is 10.8. The van der Waals surface area contributed by atoms with Crippen molar-refractivity contribution in [2.24, 2.45) is 0 Å². The molecule has 0 unspecified atom stereocenters. The minimum atomic E-state index is -0.312. The summed E-state index contributed by atoms with van der Waals surface area (Å²) in [5, 5.41) is 0.306. The highest BCUT2D eigenvalue weighted by molar-refractivity contribution is 6.32. The van der Waals surface area contributed by atoms with Crippen LogP contribution < -0.4 is 0 Å². The highest BCUT2D eigenvalue weighted by Gasteiger charge is 2.04. The van der Waals surface area contributed by atoms with Crippen LogP contribution in [-0.4, -0.2) is 11.3 Å². The van der Waals surface area contributed by atoms with Crippen molar-refractivity contribution in [2.45, 2.75) is 0 Å². The van der Waals surface area contributed by atoms with Crippen LogP contribution in [-0.2, 0) is 0 Å². The highest BCUT2D eigenvalue weighted by atomic mass is 35.5. The number of aromatic nitrogens is 1. The molecule has 0 atom stereocenters. The monoisotopic (exact) mass is 235 g/mol.